The van der Waals surface area contributed by atoms with E-state index in [2.05, 4.69) is 30.7 Å². The molecule has 12 nitrogen and oxygen atoms in total. The third-order valence-electron chi connectivity index (χ3n) is 8.23. The number of nitrogens with one attached hydrogen (secondary N) is 2. The average molecular weight is 697 g/mol. The topological polar surface area (TPSA) is 144 Å². The summed E-state index contributed by atoms with van der Waals surface area (Å²) in [7, 11) is 0. The minimum Gasteiger partial charge on any atom is -0.444 e. The first-order valence-corrected chi connectivity index (χ1v) is 15.8. The molecule has 3 atom stereocenters. The SMILES string of the molecule is Cc1ncc(-c2c(C(F)F)ccc(Cl)c2F)nc1C(=O)Nc1cnn([C@@H](C)c2cnc(N3C[C@H]4C[C@H]4C3=O)c(NC(=O)OC(C)(C)C)c2)c1. The van der Waals surface area contributed by atoms with E-state index in [0.717, 1.165) is 24.8 Å². The van der Waals surface area contributed by atoms with Crippen LogP contribution in [0.15, 0.2) is 43.0 Å². The van der Waals surface area contributed by atoms with Gasteiger partial charge in [-0.15, -0.1) is 0 Å². The second kappa shape index (κ2) is 12.8. The lowest BCUT2D eigenvalue weighted by Crippen LogP contribution is -2.32. The Bertz CT molecular complexity index is 1980. The lowest BCUT2D eigenvalue weighted by atomic mass is 10.0. The maximum absolute atomic E-state index is 14.9. The summed E-state index contributed by atoms with van der Waals surface area (Å²) in [5.74, 6) is -1.28. The quantitative estimate of drug-likeness (QED) is 0.201. The number of ether oxygens (including phenoxy) is 1. The van der Waals surface area contributed by atoms with E-state index < -0.39 is 47.0 Å². The van der Waals surface area contributed by atoms with Gasteiger partial charge in [0.05, 0.1) is 46.2 Å². The number of halogens is 4. The molecule has 0 bridgehead atoms. The van der Waals surface area contributed by atoms with Gasteiger partial charge >= 0.3 is 6.09 Å². The summed E-state index contributed by atoms with van der Waals surface area (Å²) in [6.45, 7) is 9.05. The number of carbonyl (C=O) groups is 3. The molecule has 3 aromatic heterocycles. The second-order valence-corrected chi connectivity index (χ2v) is 13.4. The molecule has 256 valence electrons. The summed E-state index contributed by atoms with van der Waals surface area (Å²) in [6, 6.07) is 3.25. The van der Waals surface area contributed by atoms with Gasteiger partial charge in [0, 0.05) is 36.0 Å². The van der Waals surface area contributed by atoms with Crippen molar-refractivity contribution in [2.45, 2.75) is 59.1 Å². The van der Waals surface area contributed by atoms with E-state index >= 15 is 0 Å². The molecular formula is C33H32ClF3N8O4. The molecule has 2 aliphatic rings. The molecule has 3 amide bonds. The first-order valence-electron chi connectivity index (χ1n) is 15.4. The maximum Gasteiger partial charge on any atom is 0.412 e. The molecule has 1 aliphatic carbocycles. The number of amides is 3. The van der Waals surface area contributed by atoms with Crippen molar-refractivity contribution in [3.05, 3.63) is 76.3 Å². The number of hydrogen-bond donors (Lipinski definition) is 2. The Morgan fingerprint density at radius 1 is 1.12 bits per heavy atom. The zero-order chi connectivity index (χ0) is 35.4. The summed E-state index contributed by atoms with van der Waals surface area (Å²) in [5, 5.41) is 9.38. The van der Waals surface area contributed by atoms with Crippen molar-refractivity contribution >= 4 is 46.7 Å². The van der Waals surface area contributed by atoms with Crippen LogP contribution in [0.4, 0.5) is 35.2 Å². The number of alkyl halides is 2. The zero-order valence-electron chi connectivity index (χ0n) is 27.1. The summed E-state index contributed by atoms with van der Waals surface area (Å²) in [6.07, 6.45) is 2.75. The standard InChI is InChI=1S/C33H32ClF3N8O4/c1-15-27(42-24(12-38-15)25-20(28(36)37)6-7-22(34)26(25)35)30(46)41-19-11-40-45(14-19)16(2)17-9-23(43-32(48)49-33(3,4)5)29(39-10-17)44-13-18-8-21(18)31(44)47/h6-7,9-12,14,16,18,21,28H,8,13H2,1-5H3,(H,41,46)(H,43,48)/t16-,18+,21+/m0/s1. The highest BCUT2D eigenvalue weighted by Crippen LogP contribution is 2.48. The smallest absolute Gasteiger partial charge is 0.412 e. The third-order valence-corrected chi connectivity index (χ3v) is 8.52. The Kier molecular flexibility index (Phi) is 8.81. The van der Waals surface area contributed by atoms with Crippen LogP contribution >= 0.6 is 11.6 Å². The molecule has 0 radical (unpaired) electrons. The summed E-state index contributed by atoms with van der Waals surface area (Å²) >= 11 is 5.86. The van der Waals surface area contributed by atoms with Gasteiger partial charge in [0.2, 0.25) is 5.91 Å². The highest BCUT2D eigenvalue weighted by atomic mass is 35.5. The number of rotatable bonds is 8. The van der Waals surface area contributed by atoms with Crippen LogP contribution in [0.2, 0.25) is 5.02 Å². The predicted octanol–water partition coefficient (Wildman–Crippen LogP) is 6.96. The molecule has 16 heteroatoms. The van der Waals surface area contributed by atoms with Crippen LogP contribution in [-0.2, 0) is 9.53 Å². The van der Waals surface area contributed by atoms with Crippen molar-refractivity contribution in [2.24, 2.45) is 11.8 Å². The molecule has 1 saturated carbocycles. The van der Waals surface area contributed by atoms with E-state index in [1.807, 2.05) is 6.92 Å². The zero-order valence-corrected chi connectivity index (χ0v) is 27.8. The number of hydrogen-bond acceptors (Lipinski definition) is 8. The summed E-state index contributed by atoms with van der Waals surface area (Å²) in [5.41, 5.74) is -1.07. The normalized spacial score (nSPS) is 17.6. The number of benzene rings is 1. The fourth-order valence-corrected chi connectivity index (χ4v) is 5.80. The largest absolute Gasteiger partial charge is 0.444 e. The second-order valence-electron chi connectivity index (χ2n) is 13.0. The Balaban J connectivity index is 1.23. The van der Waals surface area contributed by atoms with Crippen molar-refractivity contribution in [3.8, 4) is 11.3 Å². The number of nitrogens with zero attached hydrogens (tertiary/aromatic N) is 6. The molecule has 1 saturated heterocycles. The minimum absolute atomic E-state index is 0.0159. The molecule has 4 aromatic rings. The first-order chi connectivity index (χ1) is 23.1. The molecule has 4 heterocycles. The highest BCUT2D eigenvalue weighted by molar-refractivity contribution is 6.31. The number of fused-ring (bicyclic) bond motifs is 1. The van der Waals surface area contributed by atoms with E-state index in [4.69, 9.17) is 16.3 Å². The number of piperidine rings is 1. The lowest BCUT2D eigenvalue weighted by Gasteiger charge is -2.24. The molecule has 0 spiro atoms. The molecular weight excluding hydrogens is 665 g/mol. The van der Waals surface area contributed by atoms with Crippen molar-refractivity contribution < 1.29 is 32.3 Å². The summed E-state index contributed by atoms with van der Waals surface area (Å²) in [4.78, 5) is 53.3. The Morgan fingerprint density at radius 3 is 2.55 bits per heavy atom. The highest BCUT2D eigenvalue weighted by Gasteiger charge is 2.53. The van der Waals surface area contributed by atoms with Gasteiger partial charge in [-0.05, 0) is 64.7 Å². The minimum atomic E-state index is -3.03. The molecule has 2 N–H and O–H groups in total. The monoisotopic (exact) mass is 696 g/mol. The molecule has 49 heavy (non-hydrogen) atoms. The molecule has 2 fully saturated rings. The molecule has 0 unspecified atom stereocenters. The Hall–Kier alpha value is -5.05. The van der Waals surface area contributed by atoms with E-state index in [1.54, 1.807) is 48.8 Å². The van der Waals surface area contributed by atoms with Gasteiger partial charge in [-0.25, -0.2) is 27.9 Å². The molecule has 1 aliphatic heterocycles. The number of pyridine rings is 1. The van der Waals surface area contributed by atoms with Crippen molar-refractivity contribution in [1.29, 1.82) is 0 Å². The van der Waals surface area contributed by atoms with Gasteiger partial charge in [-0.1, -0.05) is 17.7 Å². The fraction of sp³-hybridized carbons (Fsp3) is 0.364. The van der Waals surface area contributed by atoms with Crippen LogP contribution in [0.3, 0.4) is 0 Å². The average Bonchev–Trinajstić information content (AvgIpc) is 3.53. The van der Waals surface area contributed by atoms with Crippen molar-refractivity contribution in [1.82, 2.24) is 24.7 Å². The Morgan fingerprint density at radius 2 is 1.88 bits per heavy atom. The predicted molar refractivity (Wildman–Crippen MR) is 174 cm³/mol. The first kappa shape index (κ1) is 33.8. The number of anilines is 3. The van der Waals surface area contributed by atoms with Gasteiger partial charge in [-0.3, -0.25) is 29.5 Å². The summed E-state index contributed by atoms with van der Waals surface area (Å²) < 4.78 is 49.3. The van der Waals surface area contributed by atoms with Gasteiger partial charge in [0.25, 0.3) is 12.3 Å². The van der Waals surface area contributed by atoms with Gasteiger partial charge in [0.1, 0.15) is 11.3 Å². The van der Waals surface area contributed by atoms with E-state index in [-0.39, 0.29) is 45.5 Å². The van der Waals surface area contributed by atoms with Crippen molar-refractivity contribution in [3.63, 3.8) is 0 Å². The van der Waals surface area contributed by atoms with E-state index in [9.17, 15) is 27.6 Å². The van der Waals surface area contributed by atoms with Crippen LogP contribution in [0, 0.1) is 24.6 Å². The van der Waals surface area contributed by atoms with Crippen LogP contribution in [0.25, 0.3) is 11.3 Å². The number of aryl methyl sites for hydroxylation is 1. The number of carbonyl (C=O) groups excluding carboxylic acids is 3. The van der Waals surface area contributed by atoms with Gasteiger partial charge in [0.15, 0.2) is 11.6 Å². The number of aromatic nitrogens is 5. The van der Waals surface area contributed by atoms with E-state index in [0.29, 0.717) is 23.6 Å². The van der Waals surface area contributed by atoms with Crippen molar-refractivity contribution in [2.75, 3.05) is 22.1 Å². The van der Waals surface area contributed by atoms with Crippen LogP contribution in [0.1, 0.15) is 73.9 Å². The van der Waals surface area contributed by atoms with Crippen LogP contribution in [-0.4, -0.2) is 54.8 Å². The van der Waals surface area contributed by atoms with Crippen LogP contribution in [0.5, 0.6) is 0 Å². The van der Waals surface area contributed by atoms with Crippen LogP contribution < -0.4 is 15.5 Å². The van der Waals surface area contributed by atoms with Gasteiger partial charge < -0.3 is 10.1 Å². The van der Waals surface area contributed by atoms with Gasteiger partial charge in [-0.2, -0.15) is 5.10 Å². The fourth-order valence-electron chi connectivity index (χ4n) is 5.64. The third kappa shape index (κ3) is 6.93. The maximum atomic E-state index is 14.9. The van der Waals surface area contributed by atoms with E-state index in [1.165, 1.54) is 13.1 Å². The Labute approximate surface area is 284 Å². The lowest BCUT2D eigenvalue weighted by molar-refractivity contribution is -0.118. The molecule has 1 aromatic carbocycles. The molecule has 6 rings (SSSR count).